The van der Waals surface area contributed by atoms with Crippen molar-refractivity contribution in [2.45, 2.75) is 51.6 Å². The summed E-state index contributed by atoms with van der Waals surface area (Å²) in [5.41, 5.74) is 2.59. The van der Waals surface area contributed by atoms with Gasteiger partial charge in [0.15, 0.2) is 6.61 Å². The second kappa shape index (κ2) is 8.80. The highest BCUT2D eigenvalue weighted by molar-refractivity contribution is 5.93. The van der Waals surface area contributed by atoms with Gasteiger partial charge in [-0.1, -0.05) is 0 Å². The van der Waals surface area contributed by atoms with E-state index in [1.807, 2.05) is 24.8 Å². The summed E-state index contributed by atoms with van der Waals surface area (Å²) in [5.74, 6) is 1.82. The molecule has 1 aromatic carbocycles. The first-order valence-electron chi connectivity index (χ1n) is 12.7. The molecule has 1 saturated heterocycles. The van der Waals surface area contributed by atoms with Crippen molar-refractivity contribution in [2.75, 3.05) is 37.7 Å². The Morgan fingerprint density at radius 1 is 1.06 bits per heavy atom. The summed E-state index contributed by atoms with van der Waals surface area (Å²) in [5, 5.41) is 0.822. The van der Waals surface area contributed by atoms with Crippen LogP contribution in [0.4, 0.5) is 5.95 Å². The highest BCUT2D eigenvalue weighted by Gasteiger charge is 2.33. The Bertz CT molecular complexity index is 1380. The third kappa shape index (κ3) is 4.06. The number of carbonyl (C=O) groups is 1. The van der Waals surface area contributed by atoms with E-state index in [4.69, 9.17) is 13.9 Å². The first-order chi connectivity index (χ1) is 17.4. The molecule has 9 heteroatoms. The molecule has 2 aromatic heterocycles. The number of hydrogen-bond donors (Lipinski definition) is 0. The zero-order chi connectivity index (χ0) is 24.9. The summed E-state index contributed by atoms with van der Waals surface area (Å²) in [6, 6.07) is 3.67. The molecule has 0 radical (unpaired) electrons. The Labute approximate surface area is 209 Å². The minimum absolute atomic E-state index is 0.0789. The largest absolute Gasteiger partial charge is 0.487 e. The Morgan fingerprint density at radius 2 is 1.81 bits per heavy atom. The number of aromatic nitrogens is 2. The van der Waals surface area contributed by atoms with Gasteiger partial charge < -0.3 is 23.7 Å². The lowest BCUT2D eigenvalue weighted by molar-refractivity contribution is -0.133. The van der Waals surface area contributed by atoms with Crippen LogP contribution in [0.5, 0.6) is 11.5 Å². The standard InChI is InChI=1S/C27H30N4O5/c1-27(2)8-7-19-20(36-27)15-21(23-17-5-3-6-18(17)25(33)35-24(19)23)34-16-22(32)30-11-13-31(14-12-30)26-28-9-4-10-29-26/h4,9-10,15H,3,5-8,11-14,16H2,1-2H3. The number of amides is 1. The van der Waals surface area contributed by atoms with Gasteiger partial charge in [0.05, 0.1) is 5.39 Å². The lowest BCUT2D eigenvalue weighted by Gasteiger charge is -2.35. The molecule has 1 amide bonds. The summed E-state index contributed by atoms with van der Waals surface area (Å²) < 4.78 is 18.3. The highest BCUT2D eigenvalue weighted by Crippen LogP contribution is 2.44. The second-order valence-corrected chi connectivity index (χ2v) is 10.3. The van der Waals surface area contributed by atoms with Gasteiger partial charge in [-0.2, -0.15) is 0 Å². The average Bonchev–Trinajstić information content (AvgIpc) is 3.38. The van der Waals surface area contributed by atoms with E-state index in [1.165, 1.54) is 0 Å². The lowest BCUT2D eigenvalue weighted by atomic mass is 9.91. The first-order valence-corrected chi connectivity index (χ1v) is 12.7. The van der Waals surface area contributed by atoms with E-state index in [2.05, 4.69) is 14.9 Å². The average molecular weight is 491 g/mol. The molecule has 2 aliphatic heterocycles. The number of piperazine rings is 1. The zero-order valence-corrected chi connectivity index (χ0v) is 20.7. The van der Waals surface area contributed by atoms with Crippen molar-refractivity contribution in [3.63, 3.8) is 0 Å². The minimum Gasteiger partial charge on any atom is -0.487 e. The maximum Gasteiger partial charge on any atom is 0.339 e. The number of benzene rings is 1. The number of carbonyl (C=O) groups excluding carboxylic acids is 1. The highest BCUT2D eigenvalue weighted by atomic mass is 16.5. The first kappa shape index (κ1) is 22.8. The van der Waals surface area contributed by atoms with Crippen molar-refractivity contribution in [3.05, 3.63) is 51.6 Å². The van der Waals surface area contributed by atoms with Crippen molar-refractivity contribution >= 4 is 22.8 Å². The van der Waals surface area contributed by atoms with Gasteiger partial charge in [-0.3, -0.25) is 4.79 Å². The molecule has 6 rings (SSSR count). The van der Waals surface area contributed by atoms with Gasteiger partial charge in [0.1, 0.15) is 22.7 Å². The number of hydrogen-bond acceptors (Lipinski definition) is 8. The lowest BCUT2D eigenvalue weighted by Crippen LogP contribution is -2.50. The summed E-state index contributed by atoms with van der Waals surface area (Å²) in [6.07, 6.45) is 7.45. The fourth-order valence-electron chi connectivity index (χ4n) is 5.51. The fourth-order valence-corrected chi connectivity index (χ4v) is 5.51. The third-order valence-corrected chi connectivity index (χ3v) is 7.45. The molecule has 1 aliphatic carbocycles. The third-order valence-electron chi connectivity index (χ3n) is 7.45. The van der Waals surface area contributed by atoms with E-state index >= 15 is 0 Å². The van der Waals surface area contributed by atoms with Crippen LogP contribution in [0.25, 0.3) is 11.0 Å². The molecular formula is C27H30N4O5. The number of ether oxygens (including phenoxy) is 2. The maximum absolute atomic E-state index is 13.1. The molecule has 0 atom stereocenters. The summed E-state index contributed by atoms with van der Waals surface area (Å²) in [6.45, 7) is 6.48. The predicted octanol–water partition coefficient (Wildman–Crippen LogP) is 2.90. The van der Waals surface area contributed by atoms with Crippen LogP contribution in [0.15, 0.2) is 33.7 Å². The SMILES string of the molecule is CC1(C)CCc2c(cc(OCC(=O)N3CCN(c4ncccn4)CC3)c3c4c(c(=O)oc23)CCC4)O1. The van der Waals surface area contributed by atoms with Crippen LogP contribution in [0.3, 0.4) is 0 Å². The topological polar surface area (TPSA) is 98.0 Å². The van der Waals surface area contributed by atoms with Gasteiger partial charge in [0.25, 0.3) is 5.91 Å². The maximum atomic E-state index is 13.1. The number of fused-ring (bicyclic) bond motifs is 5. The van der Waals surface area contributed by atoms with Gasteiger partial charge in [0, 0.05) is 55.8 Å². The molecule has 3 aliphatic rings. The monoisotopic (exact) mass is 490 g/mol. The van der Waals surface area contributed by atoms with Crippen molar-refractivity contribution < 1.29 is 18.7 Å². The second-order valence-electron chi connectivity index (χ2n) is 10.3. The quantitative estimate of drug-likeness (QED) is 0.515. The molecule has 0 saturated carbocycles. The molecule has 9 nitrogen and oxygen atoms in total. The number of rotatable bonds is 4. The Balaban J connectivity index is 1.25. The van der Waals surface area contributed by atoms with Crippen LogP contribution in [-0.2, 0) is 24.1 Å². The van der Waals surface area contributed by atoms with Crippen LogP contribution in [0, 0.1) is 0 Å². The minimum atomic E-state index is -0.326. The van der Waals surface area contributed by atoms with Crippen LogP contribution >= 0.6 is 0 Å². The van der Waals surface area contributed by atoms with Crippen molar-refractivity contribution in [3.8, 4) is 11.5 Å². The summed E-state index contributed by atoms with van der Waals surface area (Å²) in [7, 11) is 0. The Hall–Kier alpha value is -3.62. The summed E-state index contributed by atoms with van der Waals surface area (Å²) >= 11 is 0. The normalized spacial score (nSPS) is 18.5. The molecule has 36 heavy (non-hydrogen) atoms. The van der Waals surface area contributed by atoms with Crippen LogP contribution in [-0.4, -0.2) is 59.2 Å². The van der Waals surface area contributed by atoms with Gasteiger partial charge >= 0.3 is 5.63 Å². The Kier molecular flexibility index (Phi) is 5.58. The van der Waals surface area contributed by atoms with E-state index < -0.39 is 0 Å². The molecule has 0 N–H and O–H groups in total. The fraction of sp³-hybridized carbons (Fsp3) is 0.481. The number of aryl methyl sites for hydroxylation is 2. The smallest absolute Gasteiger partial charge is 0.339 e. The molecular weight excluding hydrogens is 460 g/mol. The van der Waals surface area contributed by atoms with Crippen molar-refractivity contribution in [1.29, 1.82) is 0 Å². The van der Waals surface area contributed by atoms with Gasteiger partial charge in [-0.05, 0) is 57.6 Å². The summed E-state index contributed by atoms with van der Waals surface area (Å²) in [4.78, 5) is 38.3. The molecule has 0 bridgehead atoms. The number of nitrogens with zero attached hydrogens (tertiary/aromatic N) is 4. The van der Waals surface area contributed by atoms with Crippen LogP contribution in [0.2, 0.25) is 0 Å². The Morgan fingerprint density at radius 3 is 2.58 bits per heavy atom. The van der Waals surface area contributed by atoms with E-state index in [9.17, 15) is 9.59 Å². The predicted molar refractivity (Wildman–Crippen MR) is 134 cm³/mol. The van der Waals surface area contributed by atoms with Crippen LogP contribution < -0.4 is 20.0 Å². The van der Waals surface area contributed by atoms with Crippen molar-refractivity contribution in [1.82, 2.24) is 14.9 Å². The molecule has 0 spiro atoms. The number of anilines is 1. The molecule has 4 heterocycles. The molecule has 188 valence electrons. The molecule has 3 aromatic rings. The van der Waals surface area contributed by atoms with E-state index in [-0.39, 0.29) is 23.7 Å². The van der Waals surface area contributed by atoms with E-state index in [1.54, 1.807) is 18.5 Å². The van der Waals surface area contributed by atoms with E-state index in [0.29, 0.717) is 55.6 Å². The molecule has 1 fully saturated rings. The van der Waals surface area contributed by atoms with Crippen molar-refractivity contribution in [2.24, 2.45) is 0 Å². The molecule has 0 unspecified atom stereocenters. The van der Waals surface area contributed by atoms with Crippen LogP contribution in [0.1, 0.15) is 43.4 Å². The van der Waals surface area contributed by atoms with Gasteiger partial charge in [0.2, 0.25) is 5.95 Å². The van der Waals surface area contributed by atoms with Gasteiger partial charge in [-0.15, -0.1) is 0 Å². The zero-order valence-electron chi connectivity index (χ0n) is 20.7. The van der Waals surface area contributed by atoms with E-state index in [0.717, 1.165) is 47.8 Å². The van der Waals surface area contributed by atoms with Gasteiger partial charge in [-0.25, -0.2) is 14.8 Å².